The molecule has 1 amide bonds. The van der Waals surface area contributed by atoms with Crippen LogP contribution in [0.4, 0.5) is 5.69 Å². The molecule has 4 aliphatic rings. The van der Waals surface area contributed by atoms with Gasteiger partial charge in [-0.2, -0.15) is 0 Å². The Morgan fingerprint density at radius 2 is 1.74 bits per heavy atom. The van der Waals surface area contributed by atoms with Crippen LogP contribution in [0.2, 0.25) is 0 Å². The molecular weight excluding hydrogens is 290 g/mol. The van der Waals surface area contributed by atoms with Gasteiger partial charge in [0.05, 0.1) is 11.8 Å². The molecule has 0 radical (unpaired) electrons. The normalized spacial score (nSPS) is 36.4. The van der Waals surface area contributed by atoms with E-state index < -0.39 is 17.8 Å². The predicted molar refractivity (Wildman–Crippen MR) is 86.9 cm³/mol. The Morgan fingerprint density at radius 1 is 1.09 bits per heavy atom. The van der Waals surface area contributed by atoms with Crippen molar-refractivity contribution >= 4 is 17.6 Å². The van der Waals surface area contributed by atoms with Crippen LogP contribution in [0.15, 0.2) is 30.4 Å². The summed E-state index contributed by atoms with van der Waals surface area (Å²) in [4.78, 5) is 24.7. The van der Waals surface area contributed by atoms with Crippen LogP contribution < -0.4 is 5.32 Å². The van der Waals surface area contributed by atoms with Crippen LogP contribution in [-0.4, -0.2) is 17.0 Å². The zero-order valence-electron chi connectivity index (χ0n) is 13.3. The molecule has 1 aromatic rings. The van der Waals surface area contributed by atoms with Gasteiger partial charge in [-0.25, -0.2) is 0 Å². The smallest absolute Gasteiger partial charge is 0.307 e. The number of amides is 1. The number of aliphatic carboxylic acids is 1. The summed E-state index contributed by atoms with van der Waals surface area (Å²) in [6.45, 7) is 3.98. The zero-order chi connectivity index (χ0) is 16.3. The lowest BCUT2D eigenvalue weighted by Crippen LogP contribution is -2.48. The summed E-state index contributed by atoms with van der Waals surface area (Å²) in [6, 6.07) is 5.80. The average Bonchev–Trinajstić information content (AvgIpc) is 3.33. The minimum atomic E-state index is -0.837. The van der Waals surface area contributed by atoms with Crippen LogP contribution in [0.1, 0.15) is 17.5 Å². The first-order valence-electron chi connectivity index (χ1n) is 8.27. The number of carbonyl (C=O) groups is 2. The maximum atomic E-state index is 12.9. The summed E-state index contributed by atoms with van der Waals surface area (Å²) in [5.41, 5.74) is 2.94. The van der Waals surface area contributed by atoms with E-state index in [4.69, 9.17) is 0 Å². The first-order valence-corrected chi connectivity index (χ1v) is 8.27. The minimum Gasteiger partial charge on any atom is -0.481 e. The molecule has 0 saturated heterocycles. The number of carbonyl (C=O) groups excluding carboxylic acids is 1. The van der Waals surface area contributed by atoms with Gasteiger partial charge in [-0.3, -0.25) is 9.59 Å². The van der Waals surface area contributed by atoms with Gasteiger partial charge < -0.3 is 10.4 Å². The number of hydrogen-bond donors (Lipinski definition) is 2. The SMILES string of the molecule is Cc1cccc(NC(=O)[C@@H]2[C@H]3C=C[C@@H]([C@@H]4C[C@@H]34)[C@H]2C(=O)O)c1C. The van der Waals surface area contributed by atoms with Gasteiger partial charge in [0.2, 0.25) is 5.91 Å². The summed E-state index contributed by atoms with van der Waals surface area (Å²) in [5, 5.41) is 12.7. The van der Waals surface area contributed by atoms with Gasteiger partial charge in [-0.15, -0.1) is 0 Å². The van der Waals surface area contributed by atoms with Gasteiger partial charge >= 0.3 is 5.97 Å². The topological polar surface area (TPSA) is 66.4 Å². The third-order valence-electron chi connectivity index (χ3n) is 6.10. The summed E-state index contributed by atoms with van der Waals surface area (Å²) >= 11 is 0. The fourth-order valence-corrected chi connectivity index (χ4v) is 4.67. The molecule has 4 heteroatoms. The summed E-state index contributed by atoms with van der Waals surface area (Å²) in [6.07, 6.45) is 5.20. The summed E-state index contributed by atoms with van der Waals surface area (Å²) < 4.78 is 0. The van der Waals surface area contributed by atoms with Crippen molar-refractivity contribution < 1.29 is 14.7 Å². The molecule has 0 aliphatic heterocycles. The number of fused-ring (bicyclic) bond motifs is 1. The van der Waals surface area contributed by atoms with Crippen molar-refractivity contribution in [2.75, 3.05) is 5.32 Å². The molecule has 0 unspecified atom stereocenters. The van der Waals surface area contributed by atoms with E-state index in [1.54, 1.807) is 0 Å². The first kappa shape index (κ1) is 14.5. The van der Waals surface area contributed by atoms with Gasteiger partial charge in [-0.05, 0) is 61.1 Å². The molecule has 1 aromatic carbocycles. The van der Waals surface area contributed by atoms with E-state index >= 15 is 0 Å². The van der Waals surface area contributed by atoms with Gasteiger partial charge in [0, 0.05) is 5.69 Å². The van der Waals surface area contributed by atoms with E-state index in [0.717, 1.165) is 23.2 Å². The van der Waals surface area contributed by atoms with Crippen molar-refractivity contribution in [2.45, 2.75) is 20.3 Å². The Balaban J connectivity index is 1.63. The van der Waals surface area contributed by atoms with E-state index in [1.807, 2.05) is 38.1 Å². The van der Waals surface area contributed by atoms with E-state index in [2.05, 4.69) is 11.4 Å². The van der Waals surface area contributed by atoms with Crippen LogP contribution >= 0.6 is 0 Å². The zero-order valence-corrected chi connectivity index (χ0v) is 13.3. The predicted octanol–water partition coefficient (Wildman–Crippen LogP) is 3.01. The molecule has 120 valence electrons. The number of nitrogens with one attached hydrogen (secondary N) is 1. The van der Waals surface area contributed by atoms with Gasteiger partial charge in [-0.1, -0.05) is 24.3 Å². The van der Waals surface area contributed by atoms with E-state index in [-0.39, 0.29) is 17.7 Å². The van der Waals surface area contributed by atoms with Crippen LogP contribution in [0, 0.1) is 49.4 Å². The average molecular weight is 311 g/mol. The van der Waals surface area contributed by atoms with E-state index in [9.17, 15) is 14.7 Å². The third kappa shape index (κ3) is 2.12. The van der Waals surface area contributed by atoms with E-state index in [0.29, 0.717) is 11.8 Å². The Morgan fingerprint density at radius 3 is 2.39 bits per heavy atom. The number of benzene rings is 1. The third-order valence-corrected chi connectivity index (χ3v) is 6.10. The molecule has 2 fully saturated rings. The molecule has 0 aromatic heterocycles. The Kier molecular flexibility index (Phi) is 3.12. The first-order chi connectivity index (χ1) is 11.0. The monoisotopic (exact) mass is 311 g/mol. The number of hydrogen-bond acceptors (Lipinski definition) is 2. The minimum absolute atomic E-state index is 0.0249. The fraction of sp³-hybridized carbons (Fsp3) is 0.474. The molecule has 2 bridgehead atoms. The van der Waals surface area contributed by atoms with Gasteiger partial charge in [0.25, 0.3) is 0 Å². The van der Waals surface area contributed by atoms with Crippen LogP contribution in [0.3, 0.4) is 0 Å². The number of aryl methyl sites for hydroxylation is 1. The number of rotatable bonds is 3. The molecule has 0 heterocycles. The lowest BCUT2D eigenvalue weighted by atomic mass is 9.62. The van der Waals surface area contributed by atoms with Crippen molar-refractivity contribution in [1.82, 2.24) is 0 Å². The molecular formula is C19H21NO3. The van der Waals surface area contributed by atoms with Crippen molar-refractivity contribution in [2.24, 2.45) is 35.5 Å². The second kappa shape index (κ2) is 4.95. The molecule has 2 saturated carbocycles. The second-order valence-electron chi connectivity index (χ2n) is 7.23. The van der Waals surface area contributed by atoms with Crippen LogP contribution in [-0.2, 0) is 9.59 Å². The van der Waals surface area contributed by atoms with Gasteiger partial charge in [0.15, 0.2) is 0 Å². The maximum Gasteiger partial charge on any atom is 0.307 e. The lowest BCUT2D eigenvalue weighted by Gasteiger charge is -2.41. The molecule has 0 spiro atoms. The highest BCUT2D eigenvalue weighted by Crippen LogP contribution is 2.63. The highest BCUT2D eigenvalue weighted by atomic mass is 16.4. The molecule has 5 rings (SSSR count). The summed E-state index contributed by atoms with van der Waals surface area (Å²) in [5.74, 6) is -0.921. The van der Waals surface area contributed by atoms with Crippen LogP contribution in [0.5, 0.6) is 0 Å². The number of allylic oxidation sites excluding steroid dienone is 2. The van der Waals surface area contributed by atoms with Crippen molar-refractivity contribution in [3.63, 3.8) is 0 Å². The standard InChI is InChI=1S/C19H21NO3/c1-9-4-3-5-15(10(9)2)20-18(21)16-11-6-7-12(14-8-13(11)14)17(16)19(22)23/h3-7,11-14,16-17H,8H2,1-2H3,(H,20,21)(H,22,23)/t11-,12-,13-,14-,16+,17+/m0/s1. The quantitative estimate of drug-likeness (QED) is 0.843. The number of anilines is 1. The highest BCUT2D eigenvalue weighted by Gasteiger charge is 2.62. The molecule has 2 N–H and O–H groups in total. The fourth-order valence-electron chi connectivity index (χ4n) is 4.67. The highest BCUT2D eigenvalue weighted by molar-refractivity contribution is 5.96. The lowest BCUT2D eigenvalue weighted by molar-refractivity contribution is -0.152. The van der Waals surface area contributed by atoms with E-state index in [1.165, 1.54) is 0 Å². The molecule has 4 aliphatic carbocycles. The Labute approximate surface area is 135 Å². The van der Waals surface area contributed by atoms with Crippen molar-refractivity contribution in [3.8, 4) is 0 Å². The second-order valence-corrected chi connectivity index (χ2v) is 7.23. The maximum absolute atomic E-state index is 12.9. The number of carboxylic acids is 1. The number of carboxylic acid groups (broad SMARTS) is 1. The Bertz CT molecular complexity index is 723. The largest absolute Gasteiger partial charge is 0.481 e. The summed E-state index contributed by atoms with van der Waals surface area (Å²) in [7, 11) is 0. The van der Waals surface area contributed by atoms with Crippen LogP contribution in [0.25, 0.3) is 0 Å². The molecule has 4 nitrogen and oxygen atoms in total. The Hall–Kier alpha value is -2.10. The van der Waals surface area contributed by atoms with Crippen molar-refractivity contribution in [3.05, 3.63) is 41.5 Å². The van der Waals surface area contributed by atoms with Gasteiger partial charge in [0.1, 0.15) is 0 Å². The van der Waals surface area contributed by atoms with Crippen molar-refractivity contribution in [1.29, 1.82) is 0 Å². The molecule has 23 heavy (non-hydrogen) atoms. The molecule has 6 atom stereocenters.